The van der Waals surface area contributed by atoms with Crippen LogP contribution in [0.5, 0.6) is 5.75 Å². The van der Waals surface area contributed by atoms with Crippen molar-refractivity contribution in [2.75, 3.05) is 13.1 Å². The zero-order chi connectivity index (χ0) is 25.0. The van der Waals surface area contributed by atoms with E-state index in [0.29, 0.717) is 24.4 Å². The molecule has 0 radical (unpaired) electrons. The van der Waals surface area contributed by atoms with Crippen LogP contribution >= 0.6 is 0 Å². The Kier molecular flexibility index (Phi) is 8.16. The highest BCUT2D eigenvalue weighted by atomic mass is 19.1. The van der Waals surface area contributed by atoms with Crippen molar-refractivity contribution in [2.45, 2.75) is 84.4 Å². The molecule has 1 N–H and O–H groups in total. The number of carbonyl (C=O) groups is 1. The molecular weight excluding hydrogens is 439 g/mol. The Hall–Kier alpha value is -2.40. The second-order valence-corrected chi connectivity index (χ2v) is 11.1. The summed E-state index contributed by atoms with van der Waals surface area (Å²) in [6.07, 6.45) is 5.25. The molecule has 4 nitrogen and oxygen atoms in total. The fourth-order valence-corrected chi connectivity index (χ4v) is 6.05. The van der Waals surface area contributed by atoms with Crippen molar-refractivity contribution in [3.63, 3.8) is 0 Å². The van der Waals surface area contributed by atoms with Crippen molar-refractivity contribution >= 4 is 5.91 Å². The standard InChI is InChI=1S/C30H41FN2O2/c1-21(2)30(29(34)32-20-23-6-5-7-28(18-23)35-22(3)4)15-12-27(19-30)33-16-13-25(14-17-33)24-8-10-26(31)11-9-24/h5-11,18,21-22,25,27H,12-17,19-20H2,1-4H3,(H,32,34). The molecule has 2 aromatic carbocycles. The van der Waals surface area contributed by atoms with E-state index in [-0.39, 0.29) is 23.2 Å². The van der Waals surface area contributed by atoms with E-state index in [1.807, 2.05) is 50.2 Å². The van der Waals surface area contributed by atoms with Crippen molar-refractivity contribution in [2.24, 2.45) is 11.3 Å². The molecule has 190 valence electrons. The average molecular weight is 481 g/mol. The number of rotatable bonds is 8. The maximum atomic E-state index is 13.5. The van der Waals surface area contributed by atoms with Gasteiger partial charge in [0.2, 0.25) is 5.91 Å². The van der Waals surface area contributed by atoms with Crippen molar-refractivity contribution in [1.82, 2.24) is 10.2 Å². The van der Waals surface area contributed by atoms with Gasteiger partial charge in [-0.1, -0.05) is 38.1 Å². The van der Waals surface area contributed by atoms with E-state index in [1.165, 1.54) is 5.56 Å². The molecular formula is C30H41FN2O2. The molecule has 2 aromatic rings. The second kappa shape index (κ2) is 11.1. The third-order valence-electron chi connectivity index (χ3n) is 8.19. The topological polar surface area (TPSA) is 41.6 Å². The Labute approximate surface area is 210 Å². The van der Waals surface area contributed by atoms with Gasteiger partial charge in [-0.25, -0.2) is 4.39 Å². The van der Waals surface area contributed by atoms with E-state index < -0.39 is 0 Å². The predicted molar refractivity (Wildman–Crippen MR) is 139 cm³/mol. The fourth-order valence-electron chi connectivity index (χ4n) is 6.05. The quantitative estimate of drug-likeness (QED) is 0.482. The van der Waals surface area contributed by atoms with Gasteiger partial charge in [0.25, 0.3) is 0 Å². The molecule has 1 aliphatic heterocycles. The first-order chi connectivity index (χ1) is 16.8. The van der Waals surface area contributed by atoms with E-state index in [9.17, 15) is 9.18 Å². The Morgan fingerprint density at radius 2 is 1.80 bits per heavy atom. The normalized spacial score (nSPS) is 23.7. The third-order valence-corrected chi connectivity index (χ3v) is 8.19. The number of piperidine rings is 1. The molecule has 1 saturated carbocycles. The van der Waals surface area contributed by atoms with Crippen molar-refractivity contribution in [3.8, 4) is 5.75 Å². The van der Waals surface area contributed by atoms with Crippen LogP contribution in [0.4, 0.5) is 4.39 Å². The van der Waals surface area contributed by atoms with E-state index >= 15 is 0 Å². The van der Waals surface area contributed by atoms with Crippen molar-refractivity contribution < 1.29 is 13.9 Å². The van der Waals surface area contributed by atoms with Crippen LogP contribution in [0.3, 0.4) is 0 Å². The molecule has 1 amide bonds. The highest BCUT2D eigenvalue weighted by Gasteiger charge is 2.48. The number of halogens is 1. The van der Waals surface area contributed by atoms with Gasteiger partial charge in [-0.15, -0.1) is 0 Å². The van der Waals surface area contributed by atoms with Crippen LogP contribution in [-0.2, 0) is 11.3 Å². The highest BCUT2D eigenvalue weighted by molar-refractivity contribution is 5.83. The molecule has 0 spiro atoms. The molecule has 2 aliphatic rings. The lowest BCUT2D eigenvalue weighted by molar-refractivity contribution is -0.133. The Bertz CT molecular complexity index is 982. The minimum atomic E-state index is -0.315. The second-order valence-electron chi connectivity index (χ2n) is 11.1. The number of hydrogen-bond acceptors (Lipinski definition) is 3. The maximum absolute atomic E-state index is 13.5. The Balaban J connectivity index is 1.34. The molecule has 2 atom stereocenters. The molecule has 2 fully saturated rings. The molecule has 1 saturated heterocycles. The Morgan fingerprint density at radius 3 is 2.46 bits per heavy atom. The molecule has 1 aliphatic carbocycles. The molecule has 2 unspecified atom stereocenters. The number of amides is 1. The van der Waals surface area contributed by atoms with Gasteiger partial charge in [-0.3, -0.25) is 4.79 Å². The van der Waals surface area contributed by atoms with Crippen LogP contribution in [0.1, 0.15) is 76.8 Å². The lowest BCUT2D eigenvalue weighted by atomic mass is 9.74. The highest BCUT2D eigenvalue weighted by Crippen LogP contribution is 2.47. The third kappa shape index (κ3) is 6.06. The fraction of sp³-hybridized carbons (Fsp3) is 0.567. The van der Waals surface area contributed by atoms with Gasteiger partial charge >= 0.3 is 0 Å². The predicted octanol–water partition coefficient (Wildman–Crippen LogP) is 6.30. The molecule has 35 heavy (non-hydrogen) atoms. The van der Waals surface area contributed by atoms with Crippen LogP contribution in [-0.4, -0.2) is 36.0 Å². The van der Waals surface area contributed by atoms with Crippen LogP contribution in [0.25, 0.3) is 0 Å². The van der Waals surface area contributed by atoms with Gasteiger partial charge in [0, 0.05) is 12.6 Å². The lowest BCUT2D eigenvalue weighted by Crippen LogP contribution is -2.45. The largest absolute Gasteiger partial charge is 0.491 e. The van der Waals surface area contributed by atoms with E-state index in [2.05, 4.69) is 24.1 Å². The molecule has 0 aromatic heterocycles. The minimum absolute atomic E-state index is 0.125. The van der Waals surface area contributed by atoms with Crippen LogP contribution in [0, 0.1) is 17.2 Å². The van der Waals surface area contributed by atoms with Gasteiger partial charge in [-0.2, -0.15) is 0 Å². The zero-order valence-electron chi connectivity index (χ0n) is 21.7. The summed E-state index contributed by atoms with van der Waals surface area (Å²) in [5.74, 6) is 1.65. The number of ether oxygens (including phenoxy) is 1. The number of hydrogen-bond donors (Lipinski definition) is 1. The molecule has 5 heteroatoms. The summed E-state index contributed by atoms with van der Waals surface area (Å²) in [6.45, 7) is 11.0. The van der Waals surface area contributed by atoms with Gasteiger partial charge in [0.05, 0.1) is 11.5 Å². The first kappa shape index (κ1) is 25.7. The van der Waals surface area contributed by atoms with Crippen LogP contribution in [0.15, 0.2) is 48.5 Å². The summed E-state index contributed by atoms with van der Waals surface area (Å²) in [6, 6.07) is 15.5. The first-order valence-corrected chi connectivity index (χ1v) is 13.3. The summed E-state index contributed by atoms with van der Waals surface area (Å²) in [4.78, 5) is 16.1. The molecule has 4 rings (SSSR count). The van der Waals surface area contributed by atoms with Crippen molar-refractivity contribution in [3.05, 3.63) is 65.5 Å². The van der Waals surface area contributed by atoms with Gasteiger partial charge < -0.3 is 15.0 Å². The number of nitrogens with one attached hydrogen (secondary N) is 1. The van der Waals surface area contributed by atoms with Gasteiger partial charge in [0.15, 0.2) is 0 Å². The molecule has 1 heterocycles. The summed E-state index contributed by atoms with van der Waals surface area (Å²) >= 11 is 0. The number of nitrogens with zero attached hydrogens (tertiary/aromatic N) is 1. The summed E-state index contributed by atoms with van der Waals surface area (Å²) < 4.78 is 19.1. The number of likely N-dealkylation sites (tertiary alicyclic amines) is 1. The SMILES string of the molecule is CC(C)Oc1cccc(CNC(=O)C2(C(C)C)CCC(N3CCC(c4ccc(F)cc4)CC3)C2)c1. The summed E-state index contributed by atoms with van der Waals surface area (Å²) in [5.41, 5.74) is 1.99. The van der Waals surface area contributed by atoms with Gasteiger partial charge in [-0.05, 0) is 106 Å². The Morgan fingerprint density at radius 1 is 1.09 bits per heavy atom. The van der Waals surface area contributed by atoms with Crippen LogP contribution in [0.2, 0.25) is 0 Å². The summed E-state index contributed by atoms with van der Waals surface area (Å²) in [7, 11) is 0. The smallest absolute Gasteiger partial charge is 0.226 e. The maximum Gasteiger partial charge on any atom is 0.226 e. The summed E-state index contributed by atoms with van der Waals surface area (Å²) in [5, 5.41) is 3.26. The lowest BCUT2D eigenvalue weighted by Gasteiger charge is -2.38. The van der Waals surface area contributed by atoms with E-state index in [0.717, 1.165) is 56.5 Å². The first-order valence-electron chi connectivity index (χ1n) is 13.3. The van der Waals surface area contributed by atoms with E-state index in [4.69, 9.17) is 4.74 Å². The number of benzene rings is 2. The minimum Gasteiger partial charge on any atom is -0.491 e. The van der Waals surface area contributed by atoms with Crippen LogP contribution < -0.4 is 10.1 Å². The molecule has 0 bridgehead atoms. The van der Waals surface area contributed by atoms with E-state index in [1.54, 1.807) is 12.1 Å². The zero-order valence-corrected chi connectivity index (χ0v) is 21.7. The number of carbonyl (C=O) groups excluding carboxylic acids is 1. The van der Waals surface area contributed by atoms with Gasteiger partial charge in [0.1, 0.15) is 11.6 Å². The average Bonchev–Trinajstić information content (AvgIpc) is 3.30. The monoisotopic (exact) mass is 480 g/mol. The van der Waals surface area contributed by atoms with Crippen molar-refractivity contribution in [1.29, 1.82) is 0 Å².